The van der Waals surface area contributed by atoms with Gasteiger partial charge in [0.2, 0.25) is 5.91 Å². The number of hydrogen-bond acceptors (Lipinski definition) is 4. The Kier molecular flexibility index (Phi) is 5.59. The van der Waals surface area contributed by atoms with Crippen LogP contribution in [-0.2, 0) is 15.1 Å². The van der Waals surface area contributed by atoms with Crippen LogP contribution in [0, 0.1) is 13.8 Å². The van der Waals surface area contributed by atoms with Gasteiger partial charge in [0.1, 0.15) is 17.8 Å². The summed E-state index contributed by atoms with van der Waals surface area (Å²) >= 11 is 0. The maximum absolute atomic E-state index is 13.2. The van der Waals surface area contributed by atoms with E-state index in [1.165, 1.54) is 0 Å². The molecule has 29 heavy (non-hydrogen) atoms. The van der Waals surface area contributed by atoms with Gasteiger partial charge in [-0.05, 0) is 61.2 Å². The van der Waals surface area contributed by atoms with Crippen LogP contribution in [0.4, 0.5) is 10.5 Å². The van der Waals surface area contributed by atoms with E-state index in [0.29, 0.717) is 23.4 Å². The molecule has 0 bridgehead atoms. The van der Waals surface area contributed by atoms with E-state index in [1.807, 2.05) is 45.0 Å². The Morgan fingerprint density at radius 1 is 1.17 bits per heavy atom. The minimum atomic E-state index is -1.20. The van der Waals surface area contributed by atoms with Gasteiger partial charge < -0.3 is 15.4 Å². The van der Waals surface area contributed by atoms with Crippen molar-refractivity contribution in [1.82, 2.24) is 10.2 Å². The number of ether oxygens (including phenoxy) is 1. The van der Waals surface area contributed by atoms with Gasteiger partial charge in [-0.1, -0.05) is 25.1 Å². The van der Waals surface area contributed by atoms with Crippen molar-refractivity contribution >= 4 is 23.5 Å². The standard InChI is InChI=1S/C22H25N3O4/c1-5-22(16-9-10-18(29-4)15(3)12-16)20(27)25(21(28)24-22)13-19(26)23-17-8-6-7-14(2)11-17/h6-12H,5,13H2,1-4H3,(H,23,26)(H,24,28). The first kappa shape index (κ1) is 20.4. The van der Waals surface area contributed by atoms with Crippen LogP contribution < -0.4 is 15.4 Å². The second-order valence-electron chi connectivity index (χ2n) is 7.18. The molecule has 0 spiro atoms. The van der Waals surface area contributed by atoms with Crippen LogP contribution in [0.2, 0.25) is 0 Å². The maximum atomic E-state index is 13.2. The largest absolute Gasteiger partial charge is 0.496 e. The molecule has 0 radical (unpaired) electrons. The molecule has 1 heterocycles. The van der Waals surface area contributed by atoms with Gasteiger partial charge in [-0.25, -0.2) is 4.79 Å². The number of imide groups is 1. The third kappa shape index (κ3) is 3.81. The van der Waals surface area contributed by atoms with E-state index < -0.39 is 23.4 Å². The average Bonchev–Trinajstić information content (AvgIpc) is 2.93. The summed E-state index contributed by atoms with van der Waals surface area (Å²) in [5.41, 5.74) is 1.94. The molecule has 7 nitrogen and oxygen atoms in total. The number of aryl methyl sites for hydroxylation is 2. The number of nitrogens with one attached hydrogen (secondary N) is 2. The predicted octanol–water partition coefficient (Wildman–Crippen LogP) is 3.11. The highest BCUT2D eigenvalue weighted by molar-refractivity contribution is 6.10. The molecule has 152 valence electrons. The van der Waals surface area contributed by atoms with Crippen molar-refractivity contribution in [2.75, 3.05) is 19.0 Å². The Labute approximate surface area is 170 Å². The van der Waals surface area contributed by atoms with Gasteiger partial charge in [0.15, 0.2) is 0 Å². The summed E-state index contributed by atoms with van der Waals surface area (Å²) < 4.78 is 5.28. The molecule has 4 amide bonds. The number of benzene rings is 2. The van der Waals surface area contributed by atoms with Gasteiger partial charge in [-0.3, -0.25) is 14.5 Å². The third-order valence-corrected chi connectivity index (χ3v) is 5.20. The monoisotopic (exact) mass is 395 g/mol. The van der Waals surface area contributed by atoms with E-state index in [9.17, 15) is 14.4 Å². The Hall–Kier alpha value is -3.35. The molecule has 1 aliphatic rings. The fourth-order valence-corrected chi connectivity index (χ4v) is 3.62. The zero-order valence-corrected chi connectivity index (χ0v) is 17.0. The van der Waals surface area contributed by atoms with Gasteiger partial charge in [-0.15, -0.1) is 0 Å². The number of anilines is 1. The van der Waals surface area contributed by atoms with Gasteiger partial charge in [0.05, 0.1) is 7.11 Å². The molecule has 1 fully saturated rings. The Balaban J connectivity index is 1.82. The first-order valence-corrected chi connectivity index (χ1v) is 9.46. The lowest BCUT2D eigenvalue weighted by molar-refractivity contribution is -0.134. The second kappa shape index (κ2) is 7.95. The lowest BCUT2D eigenvalue weighted by Gasteiger charge is -2.26. The molecule has 1 aliphatic heterocycles. The van der Waals surface area contributed by atoms with Crippen molar-refractivity contribution in [2.45, 2.75) is 32.7 Å². The van der Waals surface area contributed by atoms with E-state index in [4.69, 9.17) is 4.74 Å². The van der Waals surface area contributed by atoms with Gasteiger partial charge in [0.25, 0.3) is 5.91 Å². The lowest BCUT2D eigenvalue weighted by Crippen LogP contribution is -2.44. The van der Waals surface area contributed by atoms with Crippen molar-refractivity contribution in [3.8, 4) is 5.75 Å². The Morgan fingerprint density at radius 3 is 2.55 bits per heavy atom. The summed E-state index contributed by atoms with van der Waals surface area (Å²) in [6.07, 6.45) is 0.360. The Bertz CT molecular complexity index is 972. The summed E-state index contributed by atoms with van der Waals surface area (Å²) in [4.78, 5) is 39.2. The first-order valence-electron chi connectivity index (χ1n) is 9.46. The molecule has 0 aromatic heterocycles. The molecular formula is C22H25N3O4. The number of carbonyl (C=O) groups is 3. The van der Waals surface area contributed by atoms with Crippen molar-refractivity contribution in [3.05, 3.63) is 59.2 Å². The minimum Gasteiger partial charge on any atom is -0.496 e. The van der Waals surface area contributed by atoms with Crippen molar-refractivity contribution in [3.63, 3.8) is 0 Å². The zero-order valence-electron chi connectivity index (χ0n) is 17.0. The van der Waals surface area contributed by atoms with E-state index in [2.05, 4.69) is 10.6 Å². The van der Waals surface area contributed by atoms with Crippen LogP contribution in [0.1, 0.15) is 30.0 Å². The lowest BCUT2D eigenvalue weighted by atomic mass is 9.86. The minimum absolute atomic E-state index is 0.352. The van der Waals surface area contributed by atoms with E-state index >= 15 is 0 Å². The summed E-state index contributed by atoms with van der Waals surface area (Å²) in [5, 5.41) is 5.52. The number of methoxy groups -OCH3 is 1. The third-order valence-electron chi connectivity index (χ3n) is 5.20. The molecule has 7 heteroatoms. The first-order chi connectivity index (χ1) is 13.8. The van der Waals surface area contributed by atoms with E-state index in [0.717, 1.165) is 16.0 Å². The molecule has 1 saturated heterocycles. The summed E-state index contributed by atoms with van der Waals surface area (Å²) in [6.45, 7) is 5.27. The summed E-state index contributed by atoms with van der Waals surface area (Å²) in [6, 6.07) is 12.1. The van der Waals surface area contributed by atoms with Crippen LogP contribution in [-0.4, -0.2) is 36.4 Å². The Morgan fingerprint density at radius 2 is 1.93 bits per heavy atom. The fourth-order valence-electron chi connectivity index (χ4n) is 3.62. The van der Waals surface area contributed by atoms with Crippen molar-refractivity contribution in [2.24, 2.45) is 0 Å². The van der Waals surface area contributed by atoms with Crippen LogP contribution >= 0.6 is 0 Å². The topological polar surface area (TPSA) is 87.7 Å². The van der Waals surface area contributed by atoms with E-state index in [-0.39, 0.29) is 6.54 Å². The molecule has 2 aromatic rings. The number of carbonyl (C=O) groups excluding carboxylic acids is 3. The average molecular weight is 395 g/mol. The molecule has 2 N–H and O–H groups in total. The van der Waals surface area contributed by atoms with Crippen molar-refractivity contribution < 1.29 is 19.1 Å². The molecule has 3 rings (SSSR count). The van der Waals surface area contributed by atoms with Gasteiger partial charge in [-0.2, -0.15) is 0 Å². The van der Waals surface area contributed by atoms with Gasteiger partial charge >= 0.3 is 6.03 Å². The highest BCUT2D eigenvalue weighted by Gasteiger charge is 2.51. The SMILES string of the molecule is CCC1(c2ccc(OC)c(C)c2)NC(=O)N(CC(=O)Nc2cccc(C)c2)C1=O. The van der Waals surface area contributed by atoms with Crippen molar-refractivity contribution in [1.29, 1.82) is 0 Å². The van der Waals surface area contributed by atoms with E-state index in [1.54, 1.807) is 25.3 Å². The highest BCUT2D eigenvalue weighted by Crippen LogP contribution is 2.34. The molecule has 2 aromatic carbocycles. The quantitative estimate of drug-likeness (QED) is 0.736. The smallest absolute Gasteiger partial charge is 0.325 e. The van der Waals surface area contributed by atoms with Crippen LogP contribution in [0.5, 0.6) is 5.75 Å². The van der Waals surface area contributed by atoms with Gasteiger partial charge in [0, 0.05) is 5.69 Å². The zero-order chi connectivity index (χ0) is 21.2. The number of rotatable bonds is 6. The maximum Gasteiger partial charge on any atom is 0.325 e. The highest BCUT2D eigenvalue weighted by atomic mass is 16.5. The molecule has 1 atom stereocenters. The molecule has 1 unspecified atom stereocenters. The molecule has 0 saturated carbocycles. The normalized spacial score (nSPS) is 18.6. The number of urea groups is 1. The van der Waals surface area contributed by atoms with Crippen LogP contribution in [0.15, 0.2) is 42.5 Å². The molecule has 0 aliphatic carbocycles. The van der Waals surface area contributed by atoms with Crippen LogP contribution in [0.25, 0.3) is 0 Å². The number of amides is 4. The summed E-state index contributed by atoms with van der Waals surface area (Å²) in [5.74, 6) is -0.169. The number of hydrogen-bond donors (Lipinski definition) is 2. The molecular weight excluding hydrogens is 370 g/mol. The number of nitrogens with zero attached hydrogens (tertiary/aromatic N) is 1. The fraction of sp³-hybridized carbons (Fsp3) is 0.318. The van der Waals surface area contributed by atoms with Crippen LogP contribution in [0.3, 0.4) is 0 Å². The predicted molar refractivity (Wildman–Crippen MR) is 110 cm³/mol. The second-order valence-corrected chi connectivity index (χ2v) is 7.18. The summed E-state index contributed by atoms with van der Waals surface area (Å²) in [7, 11) is 1.58.